The standard InChI is InChI=1S/C17H23N5/c1-4-21-11-15(8-17(21)9-18)10-20-6-5-16(12-20)22-14(3)7-13(2)19-22/h7-8,11,16H,4-6,10,12H2,1-3H3. The second-order valence-corrected chi connectivity index (χ2v) is 6.18. The summed E-state index contributed by atoms with van der Waals surface area (Å²) in [5.41, 5.74) is 4.32. The van der Waals surface area contributed by atoms with E-state index in [1.165, 1.54) is 11.3 Å². The Hall–Kier alpha value is -2.06. The number of aryl methyl sites for hydroxylation is 3. The first-order valence-corrected chi connectivity index (χ1v) is 7.95. The molecule has 0 aliphatic carbocycles. The van der Waals surface area contributed by atoms with Gasteiger partial charge in [-0.25, -0.2) is 0 Å². The summed E-state index contributed by atoms with van der Waals surface area (Å²) < 4.78 is 4.19. The minimum absolute atomic E-state index is 0.470. The lowest BCUT2D eigenvalue weighted by Crippen LogP contribution is -2.21. The molecule has 0 amide bonds. The van der Waals surface area contributed by atoms with Crippen LogP contribution in [0.2, 0.25) is 0 Å². The Morgan fingerprint density at radius 3 is 2.77 bits per heavy atom. The zero-order chi connectivity index (χ0) is 15.7. The Labute approximate surface area is 131 Å². The fourth-order valence-corrected chi connectivity index (χ4v) is 3.44. The zero-order valence-corrected chi connectivity index (χ0v) is 13.6. The van der Waals surface area contributed by atoms with Crippen LogP contribution in [0.3, 0.4) is 0 Å². The predicted molar refractivity (Wildman–Crippen MR) is 85.5 cm³/mol. The molecule has 3 rings (SSSR count). The molecule has 1 saturated heterocycles. The Kier molecular flexibility index (Phi) is 4.04. The molecule has 0 N–H and O–H groups in total. The average molecular weight is 297 g/mol. The smallest absolute Gasteiger partial charge is 0.120 e. The molecule has 3 heterocycles. The molecule has 5 heteroatoms. The molecule has 2 aromatic heterocycles. The maximum Gasteiger partial charge on any atom is 0.120 e. The van der Waals surface area contributed by atoms with Crippen molar-refractivity contribution in [2.75, 3.05) is 13.1 Å². The van der Waals surface area contributed by atoms with E-state index >= 15 is 0 Å². The summed E-state index contributed by atoms with van der Waals surface area (Å²) in [4.78, 5) is 2.46. The van der Waals surface area contributed by atoms with Gasteiger partial charge < -0.3 is 4.57 Å². The Morgan fingerprint density at radius 2 is 2.18 bits per heavy atom. The Bertz CT molecular complexity index is 703. The highest BCUT2D eigenvalue weighted by Gasteiger charge is 2.25. The molecule has 0 bridgehead atoms. The first-order chi connectivity index (χ1) is 10.6. The lowest BCUT2D eigenvalue weighted by molar-refractivity contribution is 0.310. The largest absolute Gasteiger partial charge is 0.339 e. The normalized spacial score (nSPS) is 18.7. The minimum Gasteiger partial charge on any atom is -0.339 e. The van der Waals surface area contributed by atoms with Crippen molar-refractivity contribution in [1.29, 1.82) is 5.26 Å². The first kappa shape index (κ1) is 14.9. The molecule has 1 unspecified atom stereocenters. The van der Waals surface area contributed by atoms with Crippen LogP contribution in [-0.2, 0) is 13.1 Å². The number of nitrogens with zero attached hydrogens (tertiary/aromatic N) is 5. The van der Waals surface area contributed by atoms with Crippen molar-refractivity contribution in [2.24, 2.45) is 0 Å². The number of aromatic nitrogens is 3. The van der Waals surface area contributed by atoms with Crippen LogP contribution in [0.25, 0.3) is 0 Å². The predicted octanol–water partition coefficient (Wildman–Crippen LogP) is 2.64. The minimum atomic E-state index is 0.470. The fraction of sp³-hybridized carbons (Fsp3) is 0.529. The molecule has 0 saturated carbocycles. The summed E-state index contributed by atoms with van der Waals surface area (Å²) in [6.45, 7) is 10.1. The van der Waals surface area contributed by atoms with Crippen molar-refractivity contribution in [1.82, 2.24) is 19.2 Å². The number of rotatable bonds is 4. The molecule has 1 fully saturated rings. The molecule has 1 atom stereocenters. The molecule has 5 nitrogen and oxygen atoms in total. The highest BCUT2D eigenvalue weighted by molar-refractivity contribution is 5.28. The van der Waals surface area contributed by atoms with Gasteiger partial charge in [-0.15, -0.1) is 0 Å². The molecule has 0 radical (unpaired) electrons. The van der Waals surface area contributed by atoms with Gasteiger partial charge in [-0.2, -0.15) is 10.4 Å². The second-order valence-electron chi connectivity index (χ2n) is 6.18. The van der Waals surface area contributed by atoms with E-state index in [2.05, 4.69) is 46.9 Å². The quantitative estimate of drug-likeness (QED) is 0.871. The summed E-state index contributed by atoms with van der Waals surface area (Å²) in [5.74, 6) is 0. The van der Waals surface area contributed by atoms with Crippen molar-refractivity contribution in [3.8, 4) is 6.07 Å². The molecular formula is C17H23N5. The van der Waals surface area contributed by atoms with Gasteiger partial charge in [0.15, 0.2) is 0 Å². The SMILES string of the molecule is CCn1cc(CN2CCC(n3nc(C)cc3C)C2)cc1C#N. The van der Waals surface area contributed by atoms with Gasteiger partial charge >= 0.3 is 0 Å². The number of nitriles is 1. The van der Waals surface area contributed by atoms with E-state index in [0.29, 0.717) is 6.04 Å². The fourth-order valence-electron chi connectivity index (χ4n) is 3.44. The van der Waals surface area contributed by atoms with Crippen LogP contribution >= 0.6 is 0 Å². The summed E-state index contributed by atoms with van der Waals surface area (Å²) in [6.07, 6.45) is 3.25. The number of likely N-dealkylation sites (tertiary alicyclic amines) is 1. The van der Waals surface area contributed by atoms with Gasteiger partial charge in [0.2, 0.25) is 0 Å². The van der Waals surface area contributed by atoms with Crippen molar-refractivity contribution < 1.29 is 0 Å². The molecular weight excluding hydrogens is 274 g/mol. The van der Waals surface area contributed by atoms with Crippen molar-refractivity contribution in [2.45, 2.75) is 46.3 Å². The van der Waals surface area contributed by atoms with E-state index in [1.807, 2.05) is 17.6 Å². The second kappa shape index (κ2) is 5.98. The van der Waals surface area contributed by atoms with E-state index in [1.54, 1.807) is 0 Å². The van der Waals surface area contributed by atoms with Crippen molar-refractivity contribution >= 4 is 0 Å². The topological polar surface area (TPSA) is 49.8 Å². The molecule has 22 heavy (non-hydrogen) atoms. The van der Waals surface area contributed by atoms with Gasteiger partial charge in [0, 0.05) is 38.1 Å². The van der Waals surface area contributed by atoms with Crippen LogP contribution in [0.5, 0.6) is 0 Å². The van der Waals surface area contributed by atoms with E-state index in [0.717, 1.165) is 44.0 Å². The van der Waals surface area contributed by atoms with Crippen LogP contribution < -0.4 is 0 Å². The van der Waals surface area contributed by atoms with Gasteiger partial charge in [-0.05, 0) is 44.9 Å². The number of hydrogen-bond donors (Lipinski definition) is 0. The lowest BCUT2D eigenvalue weighted by Gasteiger charge is -2.16. The molecule has 0 aromatic carbocycles. The van der Waals surface area contributed by atoms with Gasteiger partial charge in [0.25, 0.3) is 0 Å². The first-order valence-electron chi connectivity index (χ1n) is 7.95. The third-order valence-electron chi connectivity index (χ3n) is 4.45. The summed E-state index contributed by atoms with van der Waals surface area (Å²) in [5, 5.41) is 13.8. The van der Waals surface area contributed by atoms with Crippen LogP contribution in [0, 0.1) is 25.2 Å². The molecule has 116 valence electrons. The zero-order valence-electron chi connectivity index (χ0n) is 13.6. The maximum atomic E-state index is 9.15. The van der Waals surface area contributed by atoms with Gasteiger partial charge in [-0.1, -0.05) is 0 Å². The lowest BCUT2D eigenvalue weighted by atomic mass is 10.2. The van der Waals surface area contributed by atoms with E-state index < -0.39 is 0 Å². The van der Waals surface area contributed by atoms with E-state index in [4.69, 9.17) is 5.26 Å². The van der Waals surface area contributed by atoms with Crippen LogP contribution in [0.1, 0.15) is 42.0 Å². The third-order valence-corrected chi connectivity index (χ3v) is 4.45. The number of hydrogen-bond acceptors (Lipinski definition) is 3. The van der Waals surface area contributed by atoms with Crippen molar-refractivity contribution in [3.05, 3.63) is 41.0 Å². The van der Waals surface area contributed by atoms with E-state index in [9.17, 15) is 0 Å². The highest BCUT2D eigenvalue weighted by atomic mass is 15.3. The summed E-state index contributed by atoms with van der Waals surface area (Å²) in [7, 11) is 0. The van der Waals surface area contributed by atoms with E-state index in [-0.39, 0.29) is 0 Å². The monoisotopic (exact) mass is 297 g/mol. The van der Waals surface area contributed by atoms with Crippen LogP contribution in [-0.4, -0.2) is 32.3 Å². The van der Waals surface area contributed by atoms with Crippen LogP contribution in [0.15, 0.2) is 18.3 Å². The third kappa shape index (κ3) is 2.79. The van der Waals surface area contributed by atoms with Gasteiger partial charge in [0.05, 0.1) is 11.7 Å². The molecule has 1 aliphatic heterocycles. The summed E-state index contributed by atoms with van der Waals surface area (Å²) >= 11 is 0. The molecule has 2 aromatic rings. The maximum absolute atomic E-state index is 9.15. The Morgan fingerprint density at radius 1 is 1.36 bits per heavy atom. The average Bonchev–Trinajstić information content (AvgIpc) is 3.18. The van der Waals surface area contributed by atoms with Crippen LogP contribution in [0.4, 0.5) is 0 Å². The summed E-state index contributed by atoms with van der Waals surface area (Å²) in [6, 6.07) is 6.89. The van der Waals surface area contributed by atoms with Gasteiger partial charge in [0.1, 0.15) is 11.8 Å². The Balaban J connectivity index is 1.67. The molecule has 1 aliphatic rings. The van der Waals surface area contributed by atoms with Crippen molar-refractivity contribution in [3.63, 3.8) is 0 Å². The highest BCUT2D eigenvalue weighted by Crippen LogP contribution is 2.24. The molecule has 0 spiro atoms. The van der Waals surface area contributed by atoms with Gasteiger partial charge in [-0.3, -0.25) is 9.58 Å².